The standard InChI is InChI=1S/C20H22N4O4/c1-14-12-19(15(2)23(14)13-18-4-3-11-28-18)20(25)22-10-9-21-16-5-7-17(8-6-16)24(26)27/h3-8,11-12,21H,9-10,13H2,1-2H3,(H,22,25). The predicted octanol–water partition coefficient (Wildman–Crippen LogP) is 3.50. The Labute approximate surface area is 162 Å². The number of furan rings is 1. The molecule has 28 heavy (non-hydrogen) atoms. The molecule has 2 aromatic heterocycles. The molecule has 0 fully saturated rings. The van der Waals surface area contributed by atoms with Gasteiger partial charge in [0.1, 0.15) is 5.76 Å². The minimum Gasteiger partial charge on any atom is -0.467 e. The second-order valence-corrected chi connectivity index (χ2v) is 6.44. The van der Waals surface area contributed by atoms with Crippen LogP contribution in [0.15, 0.2) is 53.1 Å². The van der Waals surface area contributed by atoms with E-state index in [1.165, 1.54) is 12.1 Å². The lowest BCUT2D eigenvalue weighted by Gasteiger charge is -2.09. The Bertz CT molecular complexity index is 959. The average molecular weight is 382 g/mol. The van der Waals surface area contributed by atoms with E-state index in [2.05, 4.69) is 10.6 Å². The van der Waals surface area contributed by atoms with E-state index in [-0.39, 0.29) is 11.6 Å². The molecule has 0 atom stereocenters. The van der Waals surface area contributed by atoms with Gasteiger partial charge in [-0.05, 0) is 44.2 Å². The number of carbonyl (C=O) groups is 1. The zero-order valence-corrected chi connectivity index (χ0v) is 15.8. The van der Waals surface area contributed by atoms with Crippen molar-refractivity contribution in [3.05, 3.63) is 81.6 Å². The monoisotopic (exact) mass is 382 g/mol. The number of rotatable bonds is 8. The van der Waals surface area contributed by atoms with Gasteiger partial charge in [-0.3, -0.25) is 14.9 Å². The molecule has 1 aromatic carbocycles. The van der Waals surface area contributed by atoms with Crippen LogP contribution in [0.2, 0.25) is 0 Å². The van der Waals surface area contributed by atoms with Gasteiger partial charge in [-0.1, -0.05) is 0 Å². The first kappa shape index (κ1) is 19.2. The topological polar surface area (TPSA) is 102 Å². The quantitative estimate of drug-likeness (QED) is 0.353. The van der Waals surface area contributed by atoms with Crippen LogP contribution in [0, 0.1) is 24.0 Å². The fourth-order valence-corrected chi connectivity index (χ4v) is 3.01. The summed E-state index contributed by atoms with van der Waals surface area (Å²) < 4.78 is 7.44. The van der Waals surface area contributed by atoms with Crippen molar-refractivity contribution in [2.24, 2.45) is 0 Å². The molecule has 1 amide bonds. The summed E-state index contributed by atoms with van der Waals surface area (Å²) in [7, 11) is 0. The molecular weight excluding hydrogens is 360 g/mol. The number of nitrogens with one attached hydrogen (secondary N) is 2. The molecular formula is C20H22N4O4. The van der Waals surface area contributed by atoms with Gasteiger partial charge in [-0.15, -0.1) is 0 Å². The summed E-state index contributed by atoms with van der Waals surface area (Å²) in [5.41, 5.74) is 3.32. The maximum absolute atomic E-state index is 12.5. The third kappa shape index (κ3) is 4.40. The normalized spacial score (nSPS) is 10.6. The zero-order valence-electron chi connectivity index (χ0n) is 15.8. The maximum atomic E-state index is 12.5. The molecule has 0 bridgehead atoms. The third-order valence-corrected chi connectivity index (χ3v) is 4.53. The highest BCUT2D eigenvalue weighted by molar-refractivity contribution is 5.95. The van der Waals surface area contributed by atoms with Gasteiger partial charge in [-0.2, -0.15) is 0 Å². The number of nitro groups is 1. The van der Waals surface area contributed by atoms with Crippen LogP contribution in [0.4, 0.5) is 11.4 Å². The van der Waals surface area contributed by atoms with E-state index < -0.39 is 4.92 Å². The zero-order chi connectivity index (χ0) is 20.1. The Morgan fingerprint density at radius 3 is 2.57 bits per heavy atom. The molecule has 0 unspecified atom stereocenters. The Hall–Kier alpha value is -3.55. The van der Waals surface area contributed by atoms with Crippen LogP contribution in [-0.4, -0.2) is 28.5 Å². The average Bonchev–Trinajstić information content (AvgIpc) is 3.29. The lowest BCUT2D eigenvalue weighted by molar-refractivity contribution is -0.384. The van der Waals surface area contributed by atoms with E-state index in [4.69, 9.17) is 4.42 Å². The summed E-state index contributed by atoms with van der Waals surface area (Å²) in [6.07, 6.45) is 1.63. The summed E-state index contributed by atoms with van der Waals surface area (Å²) >= 11 is 0. The van der Waals surface area contributed by atoms with Crippen LogP contribution < -0.4 is 10.6 Å². The molecule has 8 heteroatoms. The lowest BCUT2D eigenvalue weighted by atomic mass is 10.2. The van der Waals surface area contributed by atoms with Crippen LogP contribution in [-0.2, 0) is 6.54 Å². The molecule has 3 aromatic rings. The Kier molecular flexibility index (Phi) is 5.78. The van der Waals surface area contributed by atoms with Crippen molar-refractivity contribution in [3.63, 3.8) is 0 Å². The van der Waals surface area contributed by atoms with Crippen molar-refractivity contribution in [1.29, 1.82) is 0 Å². The van der Waals surface area contributed by atoms with Crippen molar-refractivity contribution in [1.82, 2.24) is 9.88 Å². The largest absolute Gasteiger partial charge is 0.467 e. The highest BCUT2D eigenvalue weighted by atomic mass is 16.6. The molecule has 3 rings (SSSR count). The van der Waals surface area contributed by atoms with Crippen molar-refractivity contribution in [2.45, 2.75) is 20.4 Å². The van der Waals surface area contributed by atoms with Crippen molar-refractivity contribution >= 4 is 17.3 Å². The van der Waals surface area contributed by atoms with Crippen LogP contribution in [0.5, 0.6) is 0 Å². The highest BCUT2D eigenvalue weighted by Gasteiger charge is 2.16. The van der Waals surface area contributed by atoms with Crippen molar-refractivity contribution in [3.8, 4) is 0 Å². The maximum Gasteiger partial charge on any atom is 0.269 e. The number of nitro benzene ring substituents is 1. The van der Waals surface area contributed by atoms with Crippen LogP contribution in [0.1, 0.15) is 27.5 Å². The minimum absolute atomic E-state index is 0.0451. The molecule has 0 aliphatic carbocycles. The number of amides is 1. The Balaban J connectivity index is 1.53. The Morgan fingerprint density at radius 1 is 1.18 bits per heavy atom. The lowest BCUT2D eigenvalue weighted by Crippen LogP contribution is -2.29. The second-order valence-electron chi connectivity index (χ2n) is 6.44. The van der Waals surface area contributed by atoms with Gasteiger partial charge in [0.15, 0.2) is 0 Å². The molecule has 0 saturated heterocycles. The number of aryl methyl sites for hydroxylation is 1. The van der Waals surface area contributed by atoms with Crippen LogP contribution in [0.25, 0.3) is 0 Å². The number of anilines is 1. The Morgan fingerprint density at radius 2 is 1.93 bits per heavy atom. The highest BCUT2D eigenvalue weighted by Crippen LogP contribution is 2.18. The van der Waals surface area contributed by atoms with Gasteiger partial charge in [0.2, 0.25) is 0 Å². The first-order valence-corrected chi connectivity index (χ1v) is 8.91. The molecule has 0 aliphatic heterocycles. The van der Waals surface area contributed by atoms with E-state index in [0.717, 1.165) is 22.8 Å². The second kappa shape index (κ2) is 8.43. The summed E-state index contributed by atoms with van der Waals surface area (Å²) in [4.78, 5) is 22.7. The molecule has 0 saturated carbocycles. The minimum atomic E-state index is -0.438. The molecule has 2 N–H and O–H groups in total. The van der Waals surface area contributed by atoms with Crippen LogP contribution >= 0.6 is 0 Å². The number of non-ortho nitro benzene ring substituents is 1. The van der Waals surface area contributed by atoms with Crippen molar-refractivity contribution < 1.29 is 14.1 Å². The summed E-state index contributed by atoms with van der Waals surface area (Å²) in [6.45, 7) is 5.40. The smallest absolute Gasteiger partial charge is 0.269 e. The first-order valence-electron chi connectivity index (χ1n) is 8.91. The van der Waals surface area contributed by atoms with Gasteiger partial charge in [0, 0.05) is 42.3 Å². The fourth-order valence-electron chi connectivity index (χ4n) is 3.01. The molecule has 2 heterocycles. The molecule has 146 valence electrons. The number of carbonyl (C=O) groups excluding carboxylic acids is 1. The number of hydrogen-bond donors (Lipinski definition) is 2. The van der Waals surface area contributed by atoms with E-state index >= 15 is 0 Å². The SMILES string of the molecule is Cc1cc(C(=O)NCCNc2ccc([N+](=O)[O-])cc2)c(C)n1Cc1ccco1. The summed E-state index contributed by atoms with van der Waals surface area (Å²) in [5, 5.41) is 16.7. The van der Waals surface area contributed by atoms with E-state index in [9.17, 15) is 14.9 Å². The number of aromatic nitrogens is 1. The number of nitrogens with zero attached hydrogens (tertiary/aromatic N) is 2. The summed E-state index contributed by atoms with van der Waals surface area (Å²) in [5.74, 6) is 0.699. The van der Waals surface area contributed by atoms with Crippen molar-refractivity contribution in [2.75, 3.05) is 18.4 Å². The van der Waals surface area contributed by atoms with Gasteiger partial charge in [0.25, 0.3) is 11.6 Å². The number of benzene rings is 1. The van der Waals surface area contributed by atoms with Gasteiger partial charge >= 0.3 is 0 Å². The third-order valence-electron chi connectivity index (χ3n) is 4.53. The van der Waals surface area contributed by atoms with Crippen LogP contribution in [0.3, 0.4) is 0 Å². The molecule has 0 radical (unpaired) electrons. The predicted molar refractivity (Wildman–Crippen MR) is 106 cm³/mol. The van der Waals surface area contributed by atoms with E-state index in [1.54, 1.807) is 18.4 Å². The fraction of sp³-hybridized carbons (Fsp3) is 0.250. The molecule has 0 aliphatic rings. The van der Waals surface area contributed by atoms with Gasteiger partial charge in [-0.25, -0.2) is 0 Å². The first-order chi connectivity index (χ1) is 13.5. The molecule has 0 spiro atoms. The van der Waals surface area contributed by atoms with E-state index in [0.29, 0.717) is 25.2 Å². The summed E-state index contributed by atoms with van der Waals surface area (Å²) in [6, 6.07) is 11.8. The van der Waals surface area contributed by atoms with Gasteiger partial charge in [0.05, 0.1) is 23.3 Å². The van der Waals surface area contributed by atoms with E-state index in [1.807, 2.05) is 36.6 Å². The van der Waals surface area contributed by atoms with Gasteiger partial charge < -0.3 is 19.6 Å². The number of hydrogen-bond acceptors (Lipinski definition) is 5. The molecule has 8 nitrogen and oxygen atoms in total.